The molecule has 0 aromatic heterocycles. The smallest absolute Gasteiger partial charge is 0.227 e. The maximum Gasteiger partial charge on any atom is 0.227 e. The highest BCUT2D eigenvalue weighted by Gasteiger charge is 2.39. The molecule has 0 bridgehead atoms. The van der Waals surface area contributed by atoms with Crippen molar-refractivity contribution >= 4 is 29.1 Å². The predicted octanol–water partition coefficient (Wildman–Crippen LogP) is 3.52. The van der Waals surface area contributed by atoms with E-state index >= 15 is 0 Å². The Labute approximate surface area is 207 Å². The monoisotopic (exact) mass is 495 g/mol. The summed E-state index contributed by atoms with van der Waals surface area (Å²) in [6.07, 6.45) is 8.30. The molecule has 0 radical (unpaired) electrons. The van der Waals surface area contributed by atoms with Crippen molar-refractivity contribution in [2.24, 2.45) is 5.41 Å². The number of carbonyl (C=O) groups excluding carboxylic acids is 1. The molecule has 0 saturated carbocycles. The zero-order valence-corrected chi connectivity index (χ0v) is 21.2. The van der Waals surface area contributed by atoms with Crippen LogP contribution in [0, 0.1) is 5.41 Å². The first-order valence-corrected chi connectivity index (χ1v) is 12.2. The molecule has 1 aromatic carbocycles. The van der Waals surface area contributed by atoms with E-state index in [0.717, 1.165) is 43.8 Å². The van der Waals surface area contributed by atoms with Crippen LogP contribution in [0.5, 0.6) is 0 Å². The topological polar surface area (TPSA) is 65.0 Å². The molecule has 1 amide bonds. The molecule has 3 rings (SSSR count). The lowest BCUT2D eigenvalue weighted by molar-refractivity contribution is -0.133. The number of halogens is 2. The molecule has 2 aliphatic rings. The van der Waals surface area contributed by atoms with Gasteiger partial charge in [-0.15, -0.1) is 0 Å². The van der Waals surface area contributed by atoms with E-state index in [1.165, 1.54) is 0 Å². The lowest BCUT2D eigenvalue weighted by Crippen LogP contribution is -2.53. The minimum atomic E-state index is -0.244. The minimum Gasteiger partial charge on any atom is -0.492 e. The number of amides is 1. The Bertz CT molecular complexity index is 892. The highest BCUT2D eigenvalue weighted by molar-refractivity contribution is 6.42. The van der Waals surface area contributed by atoms with Gasteiger partial charge in [0.25, 0.3) is 0 Å². The number of nitrogens with one attached hydrogen (secondary N) is 1. The third kappa shape index (κ3) is 6.74. The van der Waals surface area contributed by atoms with Gasteiger partial charge in [-0.3, -0.25) is 9.69 Å². The standard InChI is InChI=1S/C25H35Cl2N3O3/c1-25(9-6-20(7-10-25)33-13-12-31)23(17-30-11-8-19(16-30)28-2)29(3)24(32)15-18-4-5-21(26)22(27)14-18/h4-7,9,14,19,23,28,31H,8,10-13,15-17H2,1-3H3/t19-,23+,25?/m0/s1. The summed E-state index contributed by atoms with van der Waals surface area (Å²) in [5.41, 5.74) is 0.603. The van der Waals surface area contributed by atoms with Gasteiger partial charge < -0.3 is 20.1 Å². The molecular formula is C25H35Cl2N3O3. The Morgan fingerprint density at radius 1 is 1.39 bits per heavy atom. The van der Waals surface area contributed by atoms with E-state index in [4.69, 9.17) is 33.0 Å². The number of likely N-dealkylation sites (N-methyl/N-ethyl adjacent to an activating group) is 2. The van der Waals surface area contributed by atoms with E-state index in [1.807, 2.05) is 31.1 Å². The first kappa shape index (κ1) is 26.0. The summed E-state index contributed by atoms with van der Waals surface area (Å²) in [6.45, 7) is 5.24. The summed E-state index contributed by atoms with van der Waals surface area (Å²) in [7, 11) is 3.90. The number of likely N-dealkylation sites (tertiary alicyclic amines) is 1. The summed E-state index contributed by atoms with van der Waals surface area (Å²) >= 11 is 12.2. The van der Waals surface area contributed by atoms with Crippen molar-refractivity contribution in [3.63, 3.8) is 0 Å². The molecule has 1 saturated heterocycles. The van der Waals surface area contributed by atoms with Gasteiger partial charge in [-0.25, -0.2) is 0 Å². The summed E-state index contributed by atoms with van der Waals surface area (Å²) in [6, 6.07) is 5.81. The van der Waals surface area contributed by atoms with Gasteiger partial charge in [0.1, 0.15) is 12.4 Å². The molecule has 33 heavy (non-hydrogen) atoms. The van der Waals surface area contributed by atoms with E-state index in [2.05, 4.69) is 29.3 Å². The van der Waals surface area contributed by atoms with Crippen LogP contribution in [0.3, 0.4) is 0 Å². The summed E-state index contributed by atoms with van der Waals surface area (Å²) in [5, 5.41) is 13.3. The third-order valence-electron chi connectivity index (χ3n) is 6.80. The molecule has 1 aliphatic carbocycles. The van der Waals surface area contributed by atoms with Crippen molar-refractivity contribution in [3.05, 3.63) is 57.8 Å². The zero-order valence-electron chi connectivity index (χ0n) is 19.7. The van der Waals surface area contributed by atoms with Crippen molar-refractivity contribution in [1.82, 2.24) is 15.1 Å². The summed E-state index contributed by atoms with van der Waals surface area (Å²) < 4.78 is 5.58. The van der Waals surface area contributed by atoms with Gasteiger partial charge in [0.2, 0.25) is 5.91 Å². The fourth-order valence-electron chi connectivity index (χ4n) is 4.62. The maximum absolute atomic E-state index is 13.4. The van der Waals surface area contributed by atoms with Crippen molar-refractivity contribution in [1.29, 1.82) is 0 Å². The fourth-order valence-corrected chi connectivity index (χ4v) is 4.94. The lowest BCUT2D eigenvalue weighted by atomic mass is 9.75. The average molecular weight is 496 g/mol. The molecule has 8 heteroatoms. The molecule has 1 unspecified atom stereocenters. The quantitative estimate of drug-likeness (QED) is 0.519. The zero-order chi connectivity index (χ0) is 24.0. The number of allylic oxidation sites excluding steroid dienone is 2. The Morgan fingerprint density at radius 2 is 2.18 bits per heavy atom. The summed E-state index contributed by atoms with van der Waals surface area (Å²) in [5.74, 6) is 0.810. The average Bonchev–Trinajstić information content (AvgIpc) is 3.27. The Morgan fingerprint density at radius 3 is 2.79 bits per heavy atom. The summed E-state index contributed by atoms with van der Waals surface area (Å²) in [4.78, 5) is 17.7. The molecule has 3 atom stereocenters. The van der Waals surface area contributed by atoms with Crippen molar-refractivity contribution in [2.45, 2.75) is 38.3 Å². The van der Waals surface area contributed by atoms with Crippen LogP contribution < -0.4 is 5.32 Å². The van der Waals surface area contributed by atoms with E-state index in [0.29, 0.717) is 16.1 Å². The van der Waals surface area contributed by atoms with E-state index in [-0.39, 0.29) is 37.0 Å². The first-order chi connectivity index (χ1) is 15.8. The van der Waals surface area contributed by atoms with Crippen LogP contribution in [0.1, 0.15) is 25.3 Å². The second kappa shape index (κ2) is 11.7. The van der Waals surface area contributed by atoms with Gasteiger partial charge in [-0.1, -0.05) is 42.3 Å². The van der Waals surface area contributed by atoms with Gasteiger partial charge in [0.05, 0.1) is 29.1 Å². The SMILES string of the molecule is CN[C@H]1CCN(C[C@@H](N(C)C(=O)Cc2ccc(Cl)c(Cl)c2)C2(C)C=CC(OCCO)=CC2)C1. The highest BCUT2D eigenvalue weighted by Crippen LogP contribution is 2.37. The Kier molecular flexibility index (Phi) is 9.25. The number of ether oxygens (including phenoxy) is 1. The number of hydrogen-bond acceptors (Lipinski definition) is 5. The van der Waals surface area contributed by atoms with E-state index in [9.17, 15) is 4.79 Å². The van der Waals surface area contributed by atoms with Crippen molar-refractivity contribution < 1.29 is 14.6 Å². The number of rotatable bonds is 10. The van der Waals surface area contributed by atoms with Gasteiger partial charge in [0.15, 0.2) is 0 Å². The molecule has 0 spiro atoms. The van der Waals surface area contributed by atoms with Gasteiger partial charge in [-0.05, 0) is 56.3 Å². The van der Waals surface area contributed by atoms with Gasteiger partial charge in [0, 0.05) is 31.6 Å². The van der Waals surface area contributed by atoms with Gasteiger partial charge >= 0.3 is 0 Å². The van der Waals surface area contributed by atoms with Crippen LogP contribution in [0.15, 0.2) is 42.2 Å². The van der Waals surface area contributed by atoms with E-state index in [1.54, 1.807) is 12.1 Å². The maximum atomic E-state index is 13.4. The van der Waals surface area contributed by atoms with Crippen molar-refractivity contribution in [3.8, 4) is 0 Å². The second-order valence-electron chi connectivity index (χ2n) is 9.20. The number of nitrogens with zero attached hydrogens (tertiary/aromatic N) is 2. The molecular weight excluding hydrogens is 461 g/mol. The van der Waals surface area contributed by atoms with Gasteiger partial charge in [-0.2, -0.15) is 0 Å². The highest BCUT2D eigenvalue weighted by atomic mass is 35.5. The molecule has 182 valence electrons. The third-order valence-corrected chi connectivity index (χ3v) is 7.54. The number of benzene rings is 1. The Hall–Kier alpha value is -1.57. The van der Waals surface area contributed by atoms with Crippen LogP contribution >= 0.6 is 23.2 Å². The number of hydrogen-bond donors (Lipinski definition) is 2. The van der Waals surface area contributed by atoms with Crippen LogP contribution in [-0.2, 0) is 16.0 Å². The van der Waals surface area contributed by atoms with Crippen molar-refractivity contribution in [2.75, 3.05) is 46.9 Å². The fraction of sp³-hybridized carbons (Fsp3) is 0.560. The van der Waals surface area contributed by atoms with Crippen LogP contribution in [0.2, 0.25) is 10.0 Å². The number of carbonyl (C=O) groups is 1. The molecule has 6 nitrogen and oxygen atoms in total. The number of aliphatic hydroxyl groups excluding tert-OH is 1. The predicted molar refractivity (Wildman–Crippen MR) is 134 cm³/mol. The lowest BCUT2D eigenvalue weighted by Gasteiger charge is -2.43. The minimum absolute atomic E-state index is 0.0153. The van der Waals surface area contributed by atoms with Crippen LogP contribution in [0.4, 0.5) is 0 Å². The number of aliphatic hydroxyl groups is 1. The van der Waals surface area contributed by atoms with E-state index < -0.39 is 0 Å². The first-order valence-electron chi connectivity index (χ1n) is 11.5. The normalized spacial score (nSPS) is 23.9. The molecule has 1 aliphatic heterocycles. The second-order valence-corrected chi connectivity index (χ2v) is 10.0. The van der Waals surface area contributed by atoms with Crippen LogP contribution in [-0.4, -0.2) is 79.8 Å². The molecule has 1 fully saturated rings. The molecule has 1 aromatic rings. The molecule has 2 N–H and O–H groups in total. The largest absolute Gasteiger partial charge is 0.492 e. The Balaban J connectivity index is 1.77. The van der Waals surface area contributed by atoms with Crippen LogP contribution in [0.25, 0.3) is 0 Å². The molecule has 1 heterocycles.